The fraction of sp³-hybridized carbons (Fsp3) is 0.571. The maximum absolute atomic E-state index is 3.72. The minimum absolute atomic E-state index is 1.14. The first-order valence-electron chi connectivity index (χ1n) is 5.56. The van der Waals surface area contributed by atoms with Gasteiger partial charge in [0.1, 0.15) is 0 Å². The molecule has 0 aliphatic carbocycles. The number of unbranched alkanes of at least 4 members (excludes halogenated alkanes) is 2. The van der Waals surface area contributed by atoms with Crippen molar-refractivity contribution in [2.24, 2.45) is 0 Å². The summed E-state index contributed by atoms with van der Waals surface area (Å²) in [6, 6.07) is 0. The molecule has 0 saturated carbocycles. The van der Waals surface area contributed by atoms with Gasteiger partial charge in [0, 0.05) is 0 Å². The summed E-state index contributed by atoms with van der Waals surface area (Å²) in [5.74, 6) is 0. The quantitative estimate of drug-likeness (QED) is 0.392. The molecule has 0 radical (unpaired) electrons. The van der Waals surface area contributed by atoms with Crippen LogP contribution in [0.25, 0.3) is 0 Å². The molecule has 14 heavy (non-hydrogen) atoms. The zero-order valence-electron chi connectivity index (χ0n) is 9.97. The van der Waals surface area contributed by atoms with Crippen molar-refractivity contribution in [1.29, 1.82) is 0 Å². The van der Waals surface area contributed by atoms with Crippen molar-refractivity contribution in [2.75, 3.05) is 0 Å². The second-order valence-corrected chi connectivity index (χ2v) is 4.09. The Bertz CT molecular complexity index is 202. The molecular weight excluding hydrogens is 168 g/mol. The van der Waals surface area contributed by atoms with Crippen LogP contribution in [0.15, 0.2) is 36.0 Å². The Morgan fingerprint density at radius 3 is 2.29 bits per heavy atom. The number of allylic oxidation sites excluding steroid dienone is 5. The van der Waals surface area contributed by atoms with Gasteiger partial charge in [0.25, 0.3) is 0 Å². The van der Waals surface area contributed by atoms with Crippen molar-refractivity contribution >= 4 is 0 Å². The van der Waals surface area contributed by atoms with E-state index >= 15 is 0 Å². The van der Waals surface area contributed by atoms with Crippen LogP contribution < -0.4 is 0 Å². The molecule has 0 spiro atoms. The van der Waals surface area contributed by atoms with Gasteiger partial charge in [0.2, 0.25) is 0 Å². The molecule has 0 amide bonds. The van der Waals surface area contributed by atoms with E-state index in [1.807, 2.05) is 6.08 Å². The summed E-state index contributed by atoms with van der Waals surface area (Å²) in [6.07, 6.45) is 12.6. The Kier molecular flexibility index (Phi) is 8.31. The third-order valence-corrected chi connectivity index (χ3v) is 2.20. The van der Waals surface area contributed by atoms with E-state index in [9.17, 15) is 0 Å². The molecule has 0 aliphatic heterocycles. The molecule has 0 atom stereocenters. The van der Waals surface area contributed by atoms with Crippen LogP contribution in [-0.4, -0.2) is 0 Å². The normalized spacial score (nSPS) is 11.2. The van der Waals surface area contributed by atoms with Gasteiger partial charge in [-0.05, 0) is 52.9 Å². The second kappa shape index (κ2) is 8.80. The van der Waals surface area contributed by atoms with E-state index in [-0.39, 0.29) is 0 Å². The molecule has 0 N–H and O–H groups in total. The molecule has 0 heteroatoms. The molecule has 0 nitrogen and oxygen atoms in total. The lowest BCUT2D eigenvalue weighted by Gasteiger charge is -1.98. The molecule has 0 aromatic rings. The lowest BCUT2D eigenvalue weighted by Crippen LogP contribution is -1.78. The molecule has 0 heterocycles. The Morgan fingerprint density at radius 2 is 1.71 bits per heavy atom. The van der Waals surface area contributed by atoms with E-state index in [4.69, 9.17) is 0 Å². The van der Waals surface area contributed by atoms with E-state index < -0.39 is 0 Å². The number of rotatable bonds is 7. The Morgan fingerprint density at radius 1 is 1.00 bits per heavy atom. The van der Waals surface area contributed by atoms with Gasteiger partial charge in [-0.1, -0.05) is 29.4 Å². The van der Waals surface area contributed by atoms with Gasteiger partial charge in [0.15, 0.2) is 0 Å². The summed E-state index contributed by atoms with van der Waals surface area (Å²) in [6.45, 7) is 10.3. The predicted molar refractivity (Wildman–Crippen MR) is 66.5 cm³/mol. The van der Waals surface area contributed by atoms with Crippen LogP contribution in [0.3, 0.4) is 0 Å². The van der Waals surface area contributed by atoms with Gasteiger partial charge < -0.3 is 0 Å². The molecular formula is C14H24. The summed E-state index contributed by atoms with van der Waals surface area (Å²) in [5.41, 5.74) is 2.94. The van der Waals surface area contributed by atoms with Crippen LogP contribution in [0.4, 0.5) is 0 Å². The van der Waals surface area contributed by atoms with Crippen molar-refractivity contribution in [3.8, 4) is 0 Å². The predicted octanol–water partition coefficient (Wildman–Crippen LogP) is 5.04. The first-order valence-corrected chi connectivity index (χ1v) is 5.56. The highest BCUT2D eigenvalue weighted by molar-refractivity contribution is 5.02. The first kappa shape index (κ1) is 13.2. The number of hydrogen-bond acceptors (Lipinski definition) is 0. The van der Waals surface area contributed by atoms with Gasteiger partial charge in [-0.2, -0.15) is 0 Å². The van der Waals surface area contributed by atoms with E-state index in [0.29, 0.717) is 0 Å². The fourth-order valence-electron chi connectivity index (χ4n) is 1.30. The molecule has 0 fully saturated rings. The smallest absolute Gasteiger partial charge is 0.0288 e. The van der Waals surface area contributed by atoms with Gasteiger partial charge in [-0.3, -0.25) is 0 Å². The minimum Gasteiger partial charge on any atom is -0.103 e. The van der Waals surface area contributed by atoms with Gasteiger partial charge in [0.05, 0.1) is 0 Å². The first-order chi connectivity index (χ1) is 6.66. The third-order valence-electron chi connectivity index (χ3n) is 2.20. The molecule has 0 aliphatic rings. The summed E-state index contributed by atoms with van der Waals surface area (Å²) in [7, 11) is 0. The van der Waals surface area contributed by atoms with Crippen molar-refractivity contribution in [2.45, 2.75) is 52.9 Å². The van der Waals surface area contributed by atoms with Crippen molar-refractivity contribution in [3.63, 3.8) is 0 Å². The van der Waals surface area contributed by atoms with Crippen molar-refractivity contribution < 1.29 is 0 Å². The average Bonchev–Trinajstić information content (AvgIpc) is 2.12. The van der Waals surface area contributed by atoms with Crippen LogP contribution in [0.5, 0.6) is 0 Å². The number of hydrogen-bond donors (Lipinski definition) is 0. The molecule has 0 saturated heterocycles. The van der Waals surface area contributed by atoms with E-state index in [1.54, 1.807) is 0 Å². The molecule has 0 rings (SSSR count). The Hall–Kier alpha value is -0.780. The Labute approximate surface area is 89.4 Å². The molecule has 80 valence electrons. The summed E-state index contributed by atoms with van der Waals surface area (Å²) < 4.78 is 0. The highest BCUT2D eigenvalue weighted by Crippen LogP contribution is 2.09. The van der Waals surface area contributed by atoms with Crippen molar-refractivity contribution in [3.05, 3.63) is 36.0 Å². The average molecular weight is 192 g/mol. The fourth-order valence-corrected chi connectivity index (χ4v) is 1.30. The molecule has 0 bridgehead atoms. The van der Waals surface area contributed by atoms with Crippen LogP contribution in [-0.2, 0) is 0 Å². The second-order valence-electron chi connectivity index (χ2n) is 4.09. The monoisotopic (exact) mass is 192 g/mol. The van der Waals surface area contributed by atoms with E-state index in [1.165, 1.54) is 36.8 Å². The maximum atomic E-state index is 3.72. The SMILES string of the molecule is C=CCCCC=C(C)CCC=C(C)C. The summed E-state index contributed by atoms with van der Waals surface area (Å²) in [4.78, 5) is 0. The molecule has 0 aromatic carbocycles. The van der Waals surface area contributed by atoms with E-state index in [2.05, 4.69) is 39.5 Å². The van der Waals surface area contributed by atoms with Crippen LogP contribution in [0.1, 0.15) is 52.9 Å². The standard InChI is InChI=1S/C14H24/c1-5-6-7-8-11-14(4)12-9-10-13(2)3/h5,10-11H,1,6-9,12H2,2-4H3. The lowest BCUT2D eigenvalue weighted by molar-refractivity contribution is 0.851. The maximum Gasteiger partial charge on any atom is -0.0288 e. The minimum atomic E-state index is 1.14. The Balaban J connectivity index is 3.56. The third kappa shape index (κ3) is 9.31. The van der Waals surface area contributed by atoms with Crippen molar-refractivity contribution in [1.82, 2.24) is 0 Å². The van der Waals surface area contributed by atoms with Crippen LogP contribution >= 0.6 is 0 Å². The highest BCUT2D eigenvalue weighted by atomic mass is 13.9. The molecule has 0 aromatic heterocycles. The highest BCUT2D eigenvalue weighted by Gasteiger charge is 1.88. The van der Waals surface area contributed by atoms with Gasteiger partial charge >= 0.3 is 0 Å². The zero-order chi connectivity index (χ0) is 10.8. The topological polar surface area (TPSA) is 0 Å². The van der Waals surface area contributed by atoms with Crippen LogP contribution in [0.2, 0.25) is 0 Å². The van der Waals surface area contributed by atoms with E-state index in [0.717, 1.165) is 6.42 Å². The lowest BCUT2D eigenvalue weighted by atomic mass is 10.1. The summed E-state index contributed by atoms with van der Waals surface area (Å²) >= 11 is 0. The van der Waals surface area contributed by atoms with Gasteiger partial charge in [-0.15, -0.1) is 6.58 Å². The van der Waals surface area contributed by atoms with Crippen LogP contribution in [0, 0.1) is 0 Å². The largest absolute Gasteiger partial charge is 0.103 e. The molecule has 0 unspecified atom stereocenters. The van der Waals surface area contributed by atoms with Gasteiger partial charge in [-0.25, -0.2) is 0 Å². The summed E-state index contributed by atoms with van der Waals surface area (Å²) in [5, 5.41) is 0. The zero-order valence-corrected chi connectivity index (χ0v) is 9.97.